The zero-order valence-electron chi connectivity index (χ0n) is 12.4. The minimum atomic E-state index is -0.696. The highest BCUT2D eigenvalue weighted by Crippen LogP contribution is 2.34. The molecule has 24 heavy (non-hydrogen) atoms. The Labute approximate surface area is 152 Å². The van der Waals surface area contributed by atoms with E-state index in [4.69, 9.17) is 40.5 Å². The second-order valence-electron chi connectivity index (χ2n) is 4.65. The summed E-state index contributed by atoms with van der Waals surface area (Å²) < 4.78 is 13.0. The molecule has 5 nitrogen and oxygen atoms in total. The molecule has 0 fully saturated rings. The number of aromatic nitrogens is 1. The third kappa shape index (κ3) is 3.95. The van der Waals surface area contributed by atoms with Gasteiger partial charge in [-0.25, -0.2) is 14.8 Å². The normalized spacial score (nSPS) is 11.5. The van der Waals surface area contributed by atoms with Crippen LogP contribution in [0.25, 0.3) is 0 Å². The molecule has 0 atom stereocenters. The summed E-state index contributed by atoms with van der Waals surface area (Å²) >= 11 is 17.6. The van der Waals surface area contributed by atoms with E-state index in [-0.39, 0.29) is 32.4 Å². The van der Waals surface area contributed by atoms with Crippen molar-refractivity contribution in [3.8, 4) is 0 Å². The Bertz CT molecular complexity index is 809. The van der Waals surface area contributed by atoms with E-state index in [1.807, 2.05) is 6.92 Å². The lowest BCUT2D eigenvalue weighted by atomic mass is 10.1. The average molecular weight is 390 g/mol. The van der Waals surface area contributed by atoms with Crippen molar-refractivity contribution >= 4 is 52.1 Å². The molecule has 0 bridgehead atoms. The van der Waals surface area contributed by atoms with Crippen molar-refractivity contribution in [3.63, 3.8) is 0 Å². The van der Waals surface area contributed by atoms with Crippen LogP contribution in [0.5, 0.6) is 0 Å². The first-order valence-electron chi connectivity index (χ1n) is 6.78. The van der Waals surface area contributed by atoms with Crippen LogP contribution in [-0.4, -0.2) is 16.6 Å². The van der Waals surface area contributed by atoms with Crippen molar-refractivity contribution in [2.75, 3.05) is 5.73 Å². The van der Waals surface area contributed by atoms with Gasteiger partial charge in [0.05, 0.1) is 16.4 Å². The summed E-state index contributed by atoms with van der Waals surface area (Å²) in [6.07, 6.45) is 0.511. The Morgan fingerprint density at radius 3 is 2.46 bits per heavy atom. The lowest BCUT2D eigenvalue weighted by molar-refractivity contribution is 0.0950. The van der Waals surface area contributed by atoms with E-state index in [2.05, 4.69) is 15.5 Å². The zero-order chi connectivity index (χ0) is 17.9. The lowest BCUT2D eigenvalue weighted by Gasteiger charge is -2.09. The Morgan fingerprint density at radius 1 is 1.25 bits per heavy atom. The Morgan fingerprint density at radius 2 is 1.88 bits per heavy atom. The van der Waals surface area contributed by atoms with Crippen molar-refractivity contribution in [1.82, 2.24) is 10.4 Å². The summed E-state index contributed by atoms with van der Waals surface area (Å²) in [7, 11) is 0. The molecule has 1 amide bonds. The topological polar surface area (TPSA) is 80.4 Å². The monoisotopic (exact) mass is 388 g/mol. The number of nitrogens with zero attached hydrogens (tertiary/aromatic N) is 2. The smallest absolute Gasteiger partial charge is 0.291 e. The van der Waals surface area contributed by atoms with Crippen LogP contribution < -0.4 is 11.2 Å². The van der Waals surface area contributed by atoms with Gasteiger partial charge in [0, 0.05) is 0 Å². The minimum Gasteiger partial charge on any atom is -0.396 e. The fourth-order valence-electron chi connectivity index (χ4n) is 1.84. The number of benzene rings is 1. The van der Waals surface area contributed by atoms with Crippen molar-refractivity contribution in [1.29, 1.82) is 0 Å². The van der Waals surface area contributed by atoms with Crippen molar-refractivity contribution < 1.29 is 9.18 Å². The molecule has 0 spiro atoms. The van der Waals surface area contributed by atoms with Gasteiger partial charge in [-0.05, 0) is 24.1 Å². The van der Waals surface area contributed by atoms with Crippen molar-refractivity contribution in [2.24, 2.45) is 5.10 Å². The molecule has 1 aromatic heterocycles. The summed E-state index contributed by atoms with van der Waals surface area (Å²) in [6, 6.07) is 5.74. The van der Waals surface area contributed by atoms with Crippen LogP contribution in [0, 0.1) is 5.82 Å². The quantitative estimate of drug-likeness (QED) is 0.464. The molecule has 1 aromatic carbocycles. The van der Waals surface area contributed by atoms with E-state index in [1.165, 1.54) is 12.1 Å². The van der Waals surface area contributed by atoms with E-state index in [9.17, 15) is 9.18 Å². The summed E-state index contributed by atoms with van der Waals surface area (Å²) in [6.45, 7) is 1.84. The standard InChI is InChI=1S/C15H12Cl3FN4O/c1-2-9(7-3-5-8(19)6-4-7)22-23-15(24)13-10(16)12(20)11(17)14(18)21-13/h3-6H,2H2,1H3,(H2,20,21)(H,23,24)/b22-9-. The molecule has 2 rings (SSSR count). The van der Waals surface area contributed by atoms with Gasteiger partial charge in [-0.3, -0.25) is 4.79 Å². The van der Waals surface area contributed by atoms with Gasteiger partial charge in [-0.2, -0.15) is 5.10 Å². The van der Waals surface area contributed by atoms with Gasteiger partial charge in [0.1, 0.15) is 10.8 Å². The number of nitrogens with two attached hydrogens (primary N) is 1. The van der Waals surface area contributed by atoms with E-state index in [1.54, 1.807) is 12.1 Å². The largest absolute Gasteiger partial charge is 0.396 e. The van der Waals surface area contributed by atoms with Crippen LogP contribution in [0.2, 0.25) is 15.2 Å². The molecule has 0 aliphatic heterocycles. The number of halogens is 4. The average Bonchev–Trinajstić information content (AvgIpc) is 2.58. The molecule has 0 saturated carbocycles. The summed E-state index contributed by atoms with van der Waals surface area (Å²) in [4.78, 5) is 16.0. The van der Waals surface area contributed by atoms with Gasteiger partial charge in [0.25, 0.3) is 5.91 Å². The van der Waals surface area contributed by atoms with E-state index >= 15 is 0 Å². The van der Waals surface area contributed by atoms with Gasteiger partial charge in [0.2, 0.25) is 0 Å². The predicted molar refractivity (Wildman–Crippen MR) is 94.4 cm³/mol. The lowest BCUT2D eigenvalue weighted by Crippen LogP contribution is -2.22. The van der Waals surface area contributed by atoms with E-state index in [0.717, 1.165) is 0 Å². The highest BCUT2D eigenvalue weighted by Gasteiger charge is 2.19. The first-order chi connectivity index (χ1) is 11.3. The number of pyridine rings is 1. The Kier molecular flexibility index (Phi) is 5.99. The molecule has 3 N–H and O–H groups in total. The maximum Gasteiger partial charge on any atom is 0.291 e. The number of carbonyl (C=O) groups excluding carboxylic acids is 1. The molecule has 1 heterocycles. The molecule has 0 aliphatic rings. The molecular formula is C15H12Cl3FN4O. The highest BCUT2D eigenvalue weighted by atomic mass is 35.5. The number of anilines is 1. The number of hydrogen-bond donors (Lipinski definition) is 2. The molecular weight excluding hydrogens is 378 g/mol. The minimum absolute atomic E-state index is 0.0257. The molecule has 126 valence electrons. The molecule has 2 aromatic rings. The first-order valence-corrected chi connectivity index (χ1v) is 7.91. The van der Waals surface area contributed by atoms with Crippen LogP contribution in [0.1, 0.15) is 29.4 Å². The third-order valence-electron chi connectivity index (χ3n) is 3.09. The predicted octanol–water partition coefficient (Wildman–Crippen LogP) is 4.31. The second-order valence-corrected chi connectivity index (χ2v) is 5.77. The van der Waals surface area contributed by atoms with Crippen LogP contribution in [0.3, 0.4) is 0 Å². The molecule has 0 unspecified atom stereocenters. The van der Waals surface area contributed by atoms with Gasteiger partial charge in [-0.15, -0.1) is 0 Å². The number of amides is 1. The van der Waals surface area contributed by atoms with Crippen LogP contribution >= 0.6 is 34.8 Å². The Balaban J connectivity index is 2.27. The summed E-state index contributed by atoms with van der Waals surface area (Å²) in [5.74, 6) is -1.06. The first kappa shape index (κ1) is 18.4. The number of nitrogen functional groups attached to an aromatic ring is 1. The number of carbonyl (C=O) groups is 1. The Hall–Kier alpha value is -1.89. The number of hydrazone groups is 1. The highest BCUT2D eigenvalue weighted by molar-refractivity contribution is 6.46. The summed E-state index contributed by atoms with van der Waals surface area (Å²) in [5.41, 5.74) is 8.99. The molecule has 0 saturated heterocycles. The second kappa shape index (κ2) is 7.79. The SMILES string of the molecule is CC/C(=N/NC(=O)c1nc(Cl)c(Cl)c(N)c1Cl)c1ccc(F)cc1. The van der Waals surface area contributed by atoms with Crippen molar-refractivity contribution in [3.05, 3.63) is 56.5 Å². The molecule has 0 radical (unpaired) electrons. The fraction of sp³-hybridized carbons (Fsp3) is 0.133. The zero-order valence-corrected chi connectivity index (χ0v) is 14.7. The number of nitrogens with one attached hydrogen (secondary N) is 1. The number of rotatable bonds is 4. The maximum atomic E-state index is 13.0. The van der Waals surface area contributed by atoms with Crippen LogP contribution in [-0.2, 0) is 0 Å². The van der Waals surface area contributed by atoms with Gasteiger partial charge in [-0.1, -0.05) is 53.9 Å². The van der Waals surface area contributed by atoms with E-state index < -0.39 is 5.91 Å². The number of hydrogen-bond acceptors (Lipinski definition) is 4. The molecule has 9 heteroatoms. The van der Waals surface area contributed by atoms with Crippen LogP contribution in [0.4, 0.5) is 10.1 Å². The van der Waals surface area contributed by atoms with Crippen molar-refractivity contribution in [2.45, 2.75) is 13.3 Å². The third-order valence-corrected chi connectivity index (χ3v) is 4.23. The fourth-order valence-corrected chi connectivity index (χ4v) is 2.44. The maximum absolute atomic E-state index is 13.0. The van der Waals surface area contributed by atoms with Gasteiger partial charge in [0.15, 0.2) is 10.8 Å². The van der Waals surface area contributed by atoms with Crippen LogP contribution in [0.15, 0.2) is 29.4 Å². The summed E-state index contributed by atoms with van der Waals surface area (Å²) in [5, 5.41) is 3.74. The van der Waals surface area contributed by atoms with E-state index in [0.29, 0.717) is 17.7 Å². The molecule has 0 aliphatic carbocycles. The van der Waals surface area contributed by atoms with Gasteiger partial charge < -0.3 is 5.73 Å². The van der Waals surface area contributed by atoms with Gasteiger partial charge >= 0.3 is 0 Å².